The first kappa shape index (κ1) is 11.6. The quantitative estimate of drug-likeness (QED) is 0.829. The third-order valence-corrected chi connectivity index (χ3v) is 4.16. The van der Waals surface area contributed by atoms with E-state index in [2.05, 4.69) is 23.9 Å². The van der Waals surface area contributed by atoms with E-state index in [1.54, 1.807) is 11.0 Å². The first-order chi connectivity index (χ1) is 7.66. The van der Waals surface area contributed by atoms with Crippen LogP contribution in [-0.2, 0) is 6.54 Å². The van der Waals surface area contributed by atoms with Crippen molar-refractivity contribution in [1.29, 1.82) is 0 Å². The van der Waals surface area contributed by atoms with Crippen LogP contribution in [0.15, 0.2) is 12.7 Å². The molecular weight excluding hydrogens is 202 g/mol. The van der Waals surface area contributed by atoms with Gasteiger partial charge < -0.3 is 5.11 Å². The zero-order valence-corrected chi connectivity index (χ0v) is 10.1. The van der Waals surface area contributed by atoms with Crippen molar-refractivity contribution in [3.05, 3.63) is 12.7 Å². The highest BCUT2D eigenvalue weighted by Gasteiger charge is 2.44. The maximum absolute atomic E-state index is 10.9. The van der Waals surface area contributed by atoms with Gasteiger partial charge in [-0.2, -0.15) is 5.10 Å². The first-order valence-electron chi connectivity index (χ1n) is 6.21. The molecule has 0 radical (unpaired) electrons. The maximum atomic E-state index is 10.9. The van der Waals surface area contributed by atoms with Gasteiger partial charge in [-0.15, -0.1) is 0 Å². The Balaban J connectivity index is 2.13. The molecule has 1 aromatic heterocycles. The summed E-state index contributed by atoms with van der Waals surface area (Å²) >= 11 is 0. The summed E-state index contributed by atoms with van der Waals surface area (Å²) in [4.78, 5) is 3.94. The van der Waals surface area contributed by atoms with Crippen molar-refractivity contribution in [2.75, 3.05) is 0 Å². The largest absolute Gasteiger partial charge is 0.387 e. The molecule has 1 aromatic rings. The monoisotopic (exact) mass is 223 g/mol. The summed E-state index contributed by atoms with van der Waals surface area (Å²) < 4.78 is 1.75. The highest BCUT2D eigenvalue weighted by atomic mass is 16.3. The fraction of sp³-hybridized carbons (Fsp3) is 0.833. The topological polar surface area (TPSA) is 50.9 Å². The van der Waals surface area contributed by atoms with Crippen molar-refractivity contribution >= 4 is 0 Å². The molecule has 4 heteroatoms. The molecule has 0 bridgehead atoms. The summed E-state index contributed by atoms with van der Waals surface area (Å²) in [5.74, 6) is 0.744. The number of aromatic nitrogens is 3. The van der Waals surface area contributed by atoms with E-state index in [1.807, 2.05) is 0 Å². The van der Waals surface area contributed by atoms with Crippen LogP contribution in [0.4, 0.5) is 0 Å². The van der Waals surface area contributed by atoms with Gasteiger partial charge in [-0.3, -0.25) is 4.68 Å². The second-order valence-electron chi connectivity index (χ2n) is 5.02. The van der Waals surface area contributed by atoms with Gasteiger partial charge in [0.2, 0.25) is 0 Å². The first-order valence-corrected chi connectivity index (χ1v) is 6.21. The minimum absolute atomic E-state index is 0.307. The molecule has 2 unspecified atom stereocenters. The van der Waals surface area contributed by atoms with Crippen LogP contribution in [0.1, 0.15) is 39.5 Å². The number of nitrogens with zero attached hydrogens (tertiary/aromatic N) is 3. The molecule has 0 saturated heterocycles. The van der Waals surface area contributed by atoms with Crippen LogP contribution in [0.25, 0.3) is 0 Å². The number of aliphatic hydroxyl groups is 1. The second-order valence-corrected chi connectivity index (χ2v) is 5.02. The minimum Gasteiger partial charge on any atom is -0.387 e. The Kier molecular flexibility index (Phi) is 3.28. The van der Waals surface area contributed by atoms with Gasteiger partial charge in [-0.05, 0) is 24.7 Å². The zero-order valence-electron chi connectivity index (χ0n) is 10.1. The van der Waals surface area contributed by atoms with E-state index < -0.39 is 5.60 Å². The average Bonchev–Trinajstić information content (AvgIpc) is 2.66. The molecule has 1 heterocycles. The third-order valence-electron chi connectivity index (χ3n) is 4.16. The van der Waals surface area contributed by atoms with Crippen molar-refractivity contribution in [3.8, 4) is 0 Å². The fourth-order valence-electron chi connectivity index (χ4n) is 2.52. The van der Waals surface area contributed by atoms with Crippen LogP contribution >= 0.6 is 0 Å². The SMILES string of the molecule is CCC(C)C(O)(Cn1cncn1)C1CCC1. The van der Waals surface area contributed by atoms with Gasteiger partial charge in [0.25, 0.3) is 0 Å². The van der Waals surface area contributed by atoms with Crippen LogP contribution in [0.3, 0.4) is 0 Å². The molecule has 90 valence electrons. The molecule has 1 aliphatic carbocycles. The highest BCUT2D eigenvalue weighted by molar-refractivity contribution is 4.94. The van der Waals surface area contributed by atoms with Gasteiger partial charge >= 0.3 is 0 Å². The lowest BCUT2D eigenvalue weighted by Crippen LogP contribution is -2.50. The van der Waals surface area contributed by atoms with Crippen LogP contribution in [0, 0.1) is 11.8 Å². The molecule has 0 spiro atoms. The van der Waals surface area contributed by atoms with Gasteiger partial charge in [-0.1, -0.05) is 26.7 Å². The maximum Gasteiger partial charge on any atom is 0.137 e. The van der Waals surface area contributed by atoms with Gasteiger partial charge in [0, 0.05) is 0 Å². The Labute approximate surface area is 96.7 Å². The molecule has 0 aromatic carbocycles. The Hall–Kier alpha value is -0.900. The van der Waals surface area contributed by atoms with Crippen LogP contribution in [0.2, 0.25) is 0 Å². The standard InChI is InChI=1S/C12H21N3O/c1-3-10(2)12(16,11-5-4-6-11)7-15-9-13-8-14-15/h8-11,16H,3-7H2,1-2H3. The highest BCUT2D eigenvalue weighted by Crippen LogP contribution is 2.42. The summed E-state index contributed by atoms with van der Waals surface area (Å²) in [5.41, 5.74) is -0.610. The molecule has 2 atom stereocenters. The number of hydrogen-bond donors (Lipinski definition) is 1. The van der Waals surface area contributed by atoms with Gasteiger partial charge in [0.15, 0.2) is 0 Å². The van der Waals surface area contributed by atoms with E-state index in [0.29, 0.717) is 18.4 Å². The van der Waals surface area contributed by atoms with E-state index in [9.17, 15) is 5.11 Å². The van der Waals surface area contributed by atoms with E-state index in [-0.39, 0.29) is 0 Å². The molecule has 0 amide bonds. The third kappa shape index (κ3) is 1.98. The molecule has 2 rings (SSSR count). The van der Waals surface area contributed by atoms with Crippen molar-refractivity contribution < 1.29 is 5.11 Å². The Morgan fingerprint density at radius 2 is 2.31 bits per heavy atom. The Bertz CT molecular complexity index is 314. The van der Waals surface area contributed by atoms with Crippen molar-refractivity contribution in [3.63, 3.8) is 0 Å². The van der Waals surface area contributed by atoms with Crippen LogP contribution in [0.5, 0.6) is 0 Å². The smallest absolute Gasteiger partial charge is 0.137 e. The lowest BCUT2D eigenvalue weighted by Gasteiger charge is -2.45. The molecule has 16 heavy (non-hydrogen) atoms. The van der Waals surface area contributed by atoms with Gasteiger partial charge in [-0.25, -0.2) is 4.98 Å². The second kappa shape index (κ2) is 4.53. The minimum atomic E-state index is -0.610. The molecule has 0 aliphatic heterocycles. The number of hydrogen-bond acceptors (Lipinski definition) is 3. The fourth-order valence-corrected chi connectivity index (χ4v) is 2.52. The van der Waals surface area contributed by atoms with E-state index in [0.717, 1.165) is 19.3 Å². The van der Waals surface area contributed by atoms with E-state index in [4.69, 9.17) is 0 Å². The number of rotatable bonds is 5. The van der Waals surface area contributed by atoms with Crippen molar-refractivity contribution in [1.82, 2.24) is 14.8 Å². The Morgan fingerprint density at radius 1 is 1.56 bits per heavy atom. The molecule has 1 aliphatic rings. The zero-order chi connectivity index (χ0) is 11.6. The lowest BCUT2D eigenvalue weighted by atomic mass is 9.67. The summed E-state index contributed by atoms with van der Waals surface area (Å²) in [7, 11) is 0. The summed E-state index contributed by atoms with van der Waals surface area (Å²) in [6.45, 7) is 4.84. The lowest BCUT2D eigenvalue weighted by molar-refractivity contribution is -0.106. The predicted octanol–water partition coefficient (Wildman–Crippen LogP) is 1.86. The molecule has 1 saturated carbocycles. The van der Waals surface area contributed by atoms with Crippen LogP contribution in [-0.4, -0.2) is 25.5 Å². The van der Waals surface area contributed by atoms with Crippen molar-refractivity contribution in [2.45, 2.75) is 51.7 Å². The van der Waals surface area contributed by atoms with Gasteiger partial charge in [0.05, 0.1) is 12.1 Å². The van der Waals surface area contributed by atoms with Gasteiger partial charge in [0.1, 0.15) is 12.7 Å². The van der Waals surface area contributed by atoms with Crippen LogP contribution < -0.4 is 0 Å². The normalized spacial score (nSPS) is 22.4. The Morgan fingerprint density at radius 3 is 2.75 bits per heavy atom. The molecule has 4 nitrogen and oxygen atoms in total. The molecular formula is C12H21N3O. The summed E-state index contributed by atoms with van der Waals surface area (Å²) in [6.07, 6.45) is 7.76. The van der Waals surface area contributed by atoms with E-state index >= 15 is 0 Å². The van der Waals surface area contributed by atoms with E-state index in [1.165, 1.54) is 12.7 Å². The average molecular weight is 223 g/mol. The molecule has 1 N–H and O–H groups in total. The molecule has 1 fully saturated rings. The van der Waals surface area contributed by atoms with Crippen molar-refractivity contribution in [2.24, 2.45) is 11.8 Å². The summed E-state index contributed by atoms with van der Waals surface area (Å²) in [6, 6.07) is 0. The predicted molar refractivity (Wildman–Crippen MR) is 61.8 cm³/mol. The summed E-state index contributed by atoms with van der Waals surface area (Å²) in [5, 5.41) is 15.0.